The fourth-order valence-electron chi connectivity index (χ4n) is 2.69. The van der Waals surface area contributed by atoms with Gasteiger partial charge in [-0.15, -0.1) is 0 Å². The minimum absolute atomic E-state index is 0.0974. The predicted octanol–water partition coefficient (Wildman–Crippen LogP) is 2.71. The highest BCUT2D eigenvalue weighted by Gasteiger charge is 2.32. The Morgan fingerprint density at radius 3 is 2.79 bits per heavy atom. The molecule has 0 heterocycles. The van der Waals surface area contributed by atoms with Gasteiger partial charge in [-0.1, -0.05) is 19.9 Å². The zero-order chi connectivity index (χ0) is 14.0. The van der Waals surface area contributed by atoms with E-state index in [1.165, 1.54) is 7.11 Å². The number of aromatic hydroxyl groups is 1. The van der Waals surface area contributed by atoms with Crippen LogP contribution in [0.25, 0.3) is 0 Å². The molecule has 0 aromatic heterocycles. The third kappa shape index (κ3) is 3.00. The topological polar surface area (TPSA) is 58.6 Å². The lowest BCUT2D eigenvalue weighted by atomic mass is 9.92. The molecule has 2 N–H and O–H groups in total. The van der Waals surface area contributed by atoms with E-state index in [9.17, 15) is 9.90 Å². The van der Waals surface area contributed by atoms with Crippen LogP contribution in [0.3, 0.4) is 0 Å². The lowest BCUT2D eigenvalue weighted by molar-refractivity contribution is 0.0932. The number of phenols is 1. The molecule has 4 heteroatoms. The molecule has 1 fully saturated rings. The van der Waals surface area contributed by atoms with Crippen LogP contribution >= 0.6 is 0 Å². The minimum atomic E-state index is -0.237. The second-order valence-corrected chi connectivity index (χ2v) is 5.93. The summed E-state index contributed by atoms with van der Waals surface area (Å²) in [6.07, 6.45) is 3.08. The highest BCUT2D eigenvalue weighted by molar-refractivity contribution is 5.97. The van der Waals surface area contributed by atoms with Crippen molar-refractivity contribution in [3.8, 4) is 11.5 Å². The van der Waals surface area contributed by atoms with Gasteiger partial charge in [0.05, 0.1) is 12.7 Å². The summed E-state index contributed by atoms with van der Waals surface area (Å²) in [5, 5.41) is 12.9. The molecule has 104 valence electrons. The van der Waals surface area contributed by atoms with E-state index in [1.54, 1.807) is 18.2 Å². The van der Waals surface area contributed by atoms with Crippen LogP contribution in [-0.4, -0.2) is 24.2 Å². The SMILES string of the molecule is COc1cccc(C(=O)NC2CCC(C)(C)C2)c1O. The first-order valence-electron chi connectivity index (χ1n) is 6.60. The van der Waals surface area contributed by atoms with Crippen LogP contribution in [0.15, 0.2) is 18.2 Å². The number of benzene rings is 1. The Morgan fingerprint density at radius 2 is 2.21 bits per heavy atom. The Hall–Kier alpha value is -1.71. The number of ether oxygens (including phenoxy) is 1. The molecule has 4 nitrogen and oxygen atoms in total. The number of carbonyl (C=O) groups is 1. The second-order valence-electron chi connectivity index (χ2n) is 5.93. The van der Waals surface area contributed by atoms with Gasteiger partial charge >= 0.3 is 0 Å². The monoisotopic (exact) mass is 263 g/mol. The van der Waals surface area contributed by atoms with E-state index in [1.807, 2.05) is 0 Å². The van der Waals surface area contributed by atoms with Crippen molar-refractivity contribution in [1.29, 1.82) is 0 Å². The van der Waals surface area contributed by atoms with E-state index in [0.717, 1.165) is 19.3 Å². The number of phenolic OH excluding ortho intramolecular Hbond substituents is 1. The van der Waals surface area contributed by atoms with Crippen molar-refractivity contribution in [2.24, 2.45) is 5.41 Å². The average molecular weight is 263 g/mol. The molecule has 1 atom stereocenters. The standard InChI is InChI=1S/C15H21NO3/c1-15(2)8-7-10(9-15)16-14(18)11-5-4-6-12(19-3)13(11)17/h4-6,10,17H,7-9H2,1-3H3,(H,16,18). The maximum absolute atomic E-state index is 12.2. The summed E-state index contributed by atoms with van der Waals surface area (Å²) in [6, 6.07) is 5.12. The predicted molar refractivity (Wildman–Crippen MR) is 73.5 cm³/mol. The van der Waals surface area contributed by atoms with Gasteiger partial charge < -0.3 is 15.2 Å². The normalized spacial score (nSPS) is 21.1. The van der Waals surface area contributed by atoms with Crippen molar-refractivity contribution >= 4 is 5.91 Å². The van der Waals surface area contributed by atoms with Gasteiger partial charge in [0.1, 0.15) is 0 Å². The first-order valence-corrected chi connectivity index (χ1v) is 6.60. The third-order valence-corrected chi connectivity index (χ3v) is 3.77. The zero-order valence-electron chi connectivity index (χ0n) is 11.7. The first-order chi connectivity index (χ1) is 8.93. The molecule has 19 heavy (non-hydrogen) atoms. The number of rotatable bonds is 3. The van der Waals surface area contributed by atoms with E-state index in [-0.39, 0.29) is 28.7 Å². The first kappa shape index (κ1) is 13.7. The number of amides is 1. The van der Waals surface area contributed by atoms with Crippen LogP contribution in [0.1, 0.15) is 43.5 Å². The van der Waals surface area contributed by atoms with Gasteiger partial charge in [-0.3, -0.25) is 4.79 Å². The highest BCUT2D eigenvalue weighted by Crippen LogP contribution is 2.37. The lowest BCUT2D eigenvalue weighted by Gasteiger charge is -2.18. The molecule has 0 saturated heterocycles. The Bertz CT molecular complexity index is 482. The molecule has 0 spiro atoms. The summed E-state index contributed by atoms with van der Waals surface area (Å²) < 4.78 is 5.01. The Balaban J connectivity index is 2.09. The number of hydrogen-bond donors (Lipinski definition) is 2. The van der Waals surface area contributed by atoms with Gasteiger partial charge in [0.25, 0.3) is 5.91 Å². The number of para-hydroxylation sites is 1. The fraction of sp³-hybridized carbons (Fsp3) is 0.533. The van der Waals surface area contributed by atoms with Crippen molar-refractivity contribution in [3.05, 3.63) is 23.8 Å². The van der Waals surface area contributed by atoms with Crippen molar-refractivity contribution in [3.63, 3.8) is 0 Å². The van der Waals surface area contributed by atoms with Crippen molar-refractivity contribution in [1.82, 2.24) is 5.32 Å². The molecule has 1 unspecified atom stereocenters. The van der Waals surface area contributed by atoms with Crippen LogP contribution in [0.2, 0.25) is 0 Å². The van der Waals surface area contributed by atoms with E-state index in [2.05, 4.69) is 19.2 Å². The van der Waals surface area contributed by atoms with Crippen molar-refractivity contribution < 1.29 is 14.6 Å². The quantitative estimate of drug-likeness (QED) is 0.881. The maximum Gasteiger partial charge on any atom is 0.255 e. The molecule has 0 radical (unpaired) electrons. The van der Waals surface area contributed by atoms with Gasteiger partial charge in [0.2, 0.25) is 0 Å². The van der Waals surface area contributed by atoms with Crippen LogP contribution in [-0.2, 0) is 0 Å². The molecule has 1 aromatic rings. The van der Waals surface area contributed by atoms with Gasteiger partial charge in [-0.2, -0.15) is 0 Å². The smallest absolute Gasteiger partial charge is 0.255 e. The van der Waals surface area contributed by atoms with Gasteiger partial charge in [-0.25, -0.2) is 0 Å². The average Bonchev–Trinajstić information content (AvgIpc) is 2.68. The Morgan fingerprint density at radius 1 is 1.47 bits per heavy atom. The summed E-state index contributed by atoms with van der Waals surface area (Å²) in [7, 11) is 1.47. The number of methoxy groups -OCH3 is 1. The largest absolute Gasteiger partial charge is 0.504 e. The molecule has 1 amide bonds. The molecule has 1 saturated carbocycles. The van der Waals surface area contributed by atoms with Crippen LogP contribution < -0.4 is 10.1 Å². The van der Waals surface area contributed by atoms with Crippen LogP contribution in [0.4, 0.5) is 0 Å². The number of hydrogen-bond acceptors (Lipinski definition) is 3. The zero-order valence-corrected chi connectivity index (χ0v) is 11.7. The molecule has 1 aromatic carbocycles. The van der Waals surface area contributed by atoms with Crippen molar-refractivity contribution in [2.45, 2.75) is 39.2 Å². The molecular weight excluding hydrogens is 242 g/mol. The van der Waals surface area contributed by atoms with Gasteiger partial charge in [0, 0.05) is 6.04 Å². The van der Waals surface area contributed by atoms with Crippen LogP contribution in [0.5, 0.6) is 11.5 Å². The van der Waals surface area contributed by atoms with E-state index in [0.29, 0.717) is 5.75 Å². The summed E-state index contributed by atoms with van der Waals surface area (Å²) in [5.74, 6) is -0.0155. The summed E-state index contributed by atoms with van der Waals surface area (Å²) in [6.45, 7) is 4.42. The van der Waals surface area contributed by atoms with E-state index in [4.69, 9.17) is 4.74 Å². The minimum Gasteiger partial charge on any atom is -0.504 e. The molecule has 0 bridgehead atoms. The summed E-state index contributed by atoms with van der Waals surface area (Å²) >= 11 is 0. The number of carbonyl (C=O) groups excluding carboxylic acids is 1. The molecule has 1 aliphatic rings. The Kier molecular flexibility index (Phi) is 3.69. The fourth-order valence-corrected chi connectivity index (χ4v) is 2.69. The molecule has 1 aliphatic carbocycles. The maximum atomic E-state index is 12.2. The molecule has 2 rings (SSSR count). The van der Waals surface area contributed by atoms with E-state index >= 15 is 0 Å². The van der Waals surface area contributed by atoms with Crippen molar-refractivity contribution in [2.75, 3.05) is 7.11 Å². The van der Waals surface area contributed by atoms with Crippen LogP contribution in [0, 0.1) is 5.41 Å². The van der Waals surface area contributed by atoms with Gasteiger partial charge in [0.15, 0.2) is 11.5 Å². The summed E-state index contributed by atoms with van der Waals surface area (Å²) in [5.41, 5.74) is 0.554. The Labute approximate surface area is 113 Å². The van der Waals surface area contributed by atoms with E-state index < -0.39 is 0 Å². The highest BCUT2D eigenvalue weighted by atomic mass is 16.5. The lowest BCUT2D eigenvalue weighted by Crippen LogP contribution is -2.33. The molecule has 0 aliphatic heterocycles. The van der Waals surface area contributed by atoms with Gasteiger partial charge in [-0.05, 0) is 36.8 Å². The third-order valence-electron chi connectivity index (χ3n) is 3.77. The summed E-state index contributed by atoms with van der Waals surface area (Å²) in [4.78, 5) is 12.2. The number of nitrogens with one attached hydrogen (secondary N) is 1. The molecular formula is C15H21NO3. The second kappa shape index (κ2) is 5.11.